The summed E-state index contributed by atoms with van der Waals surface area (Å²) in [5, 5.41) is 45.3. The van der Waals surface area contributed by atoms with Gasteiger partial charge in [0.05, 0.1) is 111 Å². The first-order valence-corrected chi connectivity index (χ1v) is 32.8. The highest BCUT2D eigenvalue weighted by Crippen LogP contribution is 2.52. The normalized spacial score (nSPS) is 15.2. The molecule has 0 saturated heterocycles. The molecule has 8 aromatic rings. The second kappa shape index (κ2) is 26.7. The zero-order valence-corrected chi connectivity index (χ0v) is 58.1. The molecule has 0 N–H and O–H groups in total. The van der Waals surface area contributed by atoms with E-state index in [2.05, 4.69) is 98.0 Å². The van der Waals surface area contributed by atoms with Crippen LogP contribution in [0.1, 0.15) is 72.3 Å². The summed E-state index contributed by atoms with van der Waals surface area (Å²) >= 11 is 0. The summed E-state index contributed by atoms with van der Waals surface area (Å²) in [5.41, 5.74) is 7.08. The molecule has 562 valence electrons. The highest BCUT2D eigenvalue weighted by Gasteiger charge is 2.47. The number of nitrogens with zero attached hydrogens (tertiary/aromatic N) is 15. The number of hydrogen-bond donors (Lipinski definition) is 0. The molecule has 16 rings (SSSR count). The molecule has 0 fully saturated rings. The lowest BCUT2D eigenvalue weighted by atomic mass is 9.92. The van der Waals surface area contributed by atoms with E-state index in [4.69, 9.17) is 0 Å². The van der Waals surface area contributed by atoms with Gasteiger partial charge in [-0.1, -0.05) is 0 Å². The van der Waals surface area contributed by atoms with E-state index in [-0.39, 0.29) is 96.1 Å². The van der Waals surface area contributed by atoms with Crippen LogP contribution in [0.4, 0.5) is 142 Å². The first-order valence-electron chi connectivity index (χ1n) is 32.8. The number of hydrogen-bond acceptors (Lipinski definition) is 19. The molecule has 36 heteroatoms. The predicted octanol–water partition coefficient (Wildman–Crippen LogP) is 16.0. The van der Waals surface area contributed by atoms with E-state index in [1.165, 1.54) is 87.3 Å². The third-order valence-electron chi connectivity index (χ3n) is 19.9. The van der Waals surface area contributed by atoms with Crippen LogP contribution >= 0.6 is 0 Å². The largest absolute Gasteiger partial charge is 0.416 e. The fourth-order valence-corrected chi connectivity index (χ4v) is 15.1. The van der Waals surface area contributed by atoms with Crippen LogP contribution in [0.15, 0.2) is 97.1 Å². The first-order chi connectivity index (χ1) is 50.1. The number of aryl methyl sites for hydroxylation is 2. The minimum Gasteiger partial charge on any atom is -0.378 e. The quantitative estimate of drug-likeness (QED) is 0.0825. The first kappa shape index (κ1) is 73.6. The Bertz CT molecular complexity index is 4910. The maximum absolute atomic E-state index is 13.9. The molecule has 0 radical (unpaired) electrons. The molecule has 8 bridgehead atoms. The average molecular weight is 1500 g/mol. The molecule has 0 amide bonds. The van der Waals surface area contributed by atoms with Crippen molar-refractivity contribution in [1.29, 1.82) is 0 Å². The van der Waals surface area contributed by atoms with E-state index >= 15 is 0 Å². The number of alkyl halides is 9. The molecule has 0 unspecified atom stereocenters. The molecular formula is C71H64F13N15O8. The maximum atomic E-state index is 13.9. The van der Waals surface area contributed by atoms with Gasteiger partial charge in [0.25, 0.3) is 22.7 Å². The number of nitro groups is 4. The minimum absolute atomic E-state index is 0.0560. The van der Waals surface area contributed by atoms with Crippen molar-refractivity contribution in [2.45, 2.75) is 84.7 Å². The number of halogens is 13. The summed E-state index contributed by atoms with van der Waals surface area (Å²) in [6.45, 7) is 6.13. The fourth-order valence-electron chi connectivity index (χ4n) is 15.1. The van der Waals surface area contributed by atoms with E-state index in [0.29, 0.717) is 35.2 Å². The van der Waals surface area contributed by atoms with Crippen molar-refractivity contribution in [1.82, 2.24) is 0 Å². The summed E-state index contributed by atoms with van der Waals surface area (Å²) in [6, 6.07) is 20.6. The topological polar surface area (TPSA) is 208 Å². The van der Waals surface area contributed by atoms with E-state index in [9.17, 15) is 97.5 Å². The number of rotatable bonds is 7. The van der Waals surface area contributed by atoms with Crippen LogP contribution in [0.3, 0.4) is 0 Å². The number of anilines is 11. The van der Waals surface area contributed by atoms with E-state index < -0.39 is 114 Å². The van der Waals surface area contributed by atoms with Gasteiger partial charge in [-0.05, 0) is 85.6 Å². The highest BCUT2D eigenvalue weighted by molar-refractivity contribution is 5.83. The molecule has 0 spiro atoms. The summed E-state index contributed by atoms with van der Waals surface area (Å²) in [4.78, 5) is 63.0. The monoisotopic (exact) mass is 1500 g/mol. The molecule has 8 heterocycles. The lowest BCUT2D eigenvalue weighted by Gasteiger charge is -2.47. The average Bonchev–Trinajstić information content (AvgIpc) is 0.758. The van der Waals surface area contributed by atoms with Crippen LogP contribution in [0, 0.1) is 77.6 Å². The minimum atomic E-state index is -5.05. The maximum Gasteiger partial charge on any atom is 0.416 e. The number of fused-ring (bicyclic) bond motifs is 24. The van der Waals surface area contributed by atoms with Gasteiger partial charge in [0, 0.05) is 190 Å². The predicted molar refractivity (Wildman–Crippen MR) is 374 cm³/mol. The summed E-state index contributed by atoms with van der Waals surface area (Å²) in [7, 11) is 12.8. The number of non-ortho nitro benzene ring substituents is 2. The van der Waals surface area contributed by atoms with Gasteiger partial charge in [0.15, 0.2) is 0 Å². The van der Waals surface area contributed by atoms with Crippen LogP contribution in [0.5, 0.6) is 0 Å². The van der Waals surface area contributed by atoms with Gasteiger partial charge in [-0.25, -0.2) is 17.6 Å². The van der Waals surface area contributed by atoms with Crippen molar-refractivity contribution < 1.29 is 76.8 Å². The Morgan fingerprint density at radius 1 is 0.327 bits per heavy atom. The number of nitro benzene ring substituents is 4. The van der Waals surface area contributed by atoms with E-state index in [1.54, 1.807) is 19.6 Å². The van der Waals surface area contributed by atoms with E-state index in [0.717, 1.165) is 55.0 Å². The van der Waals surface area contributed by atoms with Gasteiger partial charge in [-0.2, -0.15) is 39.5 Å². The van der Waals surface area contributed by atoms with Gasteiger partial charge in [-0.3, -0.25) is 40.5 Å². The third-order valence-corrected chi connectivity index (χ3v) is 19.9. The molecule has 107 heavy (non-hydrogen) atoms. The summed E-state index contributed by atoms with van der Waals surface area (Å²) in [5.74, 6) is -2.60. The Morgan fingerprint density at radius 2 is 0.645 bits per heavy atom. The van der Waals surface area contributed by atoms with Crippen LogP contribution in [0.25, 0.3) is 0 Å². The molecule has 0 aliphatic carbocycles. The smallest absolute Gasteiger partial charge is 0.378 e. The van der Waals surface area contributed by atoms with Crippen LogP contribution < -0.4 is 53.9 Å². The van der Waals surface area contributed by atoms with Crippen LogP contribution in [-0.2, 0) is 70.9 Å². The van der Waals surface area contributed by atoms with Crippen molar-refractivity contribution in [2.24, 2.45) is 0 Å². The van der Waals surface area contributed by atoms with Crippen molar-refractivity contribution in [3.8, 4) is 0 Å². The molecule has 8 aromatic carbocycles. The Morgan fingerprint density at radius 3 is 1.01 bits per heavy atom. The molecule has 0 saturated carbocycles. The van der Waals surface area contributed by atoms with Crippen LogP contribution in [-0.4, -0.2) is 88.7 Å². The van der Waals surface area contributed by atoms with Crippen molar-refractivity contribution in [3.05, 3.63) is 233 Å². The Balaban J connectivity index is 0.000000127. The second-order valence-electron chi connectivity index (χ2n) is 27.6. The molecule has 8 aliphatic heterocycles. The van der Waals surface area contributed by atoms with E-state index in [1.807, 2.05) is 0 Å². The highest BCUT2D eigenvalue weighted by atomic mass is 19.4. The molecule has 0 atom stereocenters. The molecular weight excluding hydrogens is 1440 g/mol. The molecule has 23 nitrogen and oxygen atoms in total. The fraction of sp³-hybridized carbons (Fsp3) is 0.324. The van der Waals surface area contributed by atoms with Crippen molar-refractivity contribution in [3.63, 3.8) is 0 Å². The van der Waals surface area contributed by atoms with Gasteiger partial charge >= 0.3 is 18.5 Å². The zero-order valence-electron chi connectivity index (χ0n) is 58.1. The van der Waals surface area contributed by atoms with Gasteiger partial charge in [-0.15, -0.1) is 0 Å². The number of benzene rings is 8. The molecule has 0 aromatic heterocycles. The Kier molecular flexibility index (Phi) is 18.3. The van der Waals surface area contributed by atoms with Crippen molar-refractivity contribution in [2.75, 3.05) is 123 Å². The van der Waals surface area contributed by atoms with Crippen LogP contribution in [0.2, 0.25) is 0 Å². The van der Waals surface area contributed by atoms with Gasteiger partial charge < -0.3 is 53.9 Å². The second-order valence-corrected chi connectivity index (χ2v) is 27.6. The zero-order chi connectivity index (χ0) is 77.4. The lowest BCUT2D eigenvalue weighted by Crippen LogP contribution is -2.47. The molecule has 8 aliphatic rings. The Labute approximate surface area is 600 Å². The van der Waals surface area contributed by atoms with Gasteiger partial charge in [0.2, 0.25) is 0 Å². The lowest BCUT2D eigenvalue weighted by molar-refractivity contribution is -0.394. The summed E-state index contributed by atoms with van der Waals surface area (Å²) in [6.07, 6.45) is -14.8. The van der Waals surface area contributed by atoms with Crippen molar-refractivity contribution >= 4 is 85.3 Å². The third kappa shape index (κ3) is 13.7. The SMILES string of the molecule is Cc1cc(N(C)C)c2c(c1)N1Cc3c(N(C)C)cc(N(C)C)cc3N(C2)C1.Cc1cc2c(c(C(F)(F)F)c1)CN1CN2Cc2c1cc(C(F)(F)F)cc2C(F)(F)F.Fc1cc(F)c2c(c1)N1Cc3c(F)cc(F)cc3N(C2)C1.O=[N+]([O-])c1cc2c(c([N+](=O)[O-])c1)CN1CN2Cc2c1cc([N+](=O)[O-])cc2[N+](=O)[O-]. The summed E-state index contributed by atoms with van der Waals surface area (Å²) < 4.78 is 176. The van der Waals surface area contributed by atoms with Gasteiger partial charge in [0.1, 0.15) is 23.3 Å². The Hall–Kier alpha value is -11.8. The standard InChI is InChI=1S/C22H31N5.C19H13F9N2.C15H10F4N2.C15H10N6O8/c1-15-8-19(24(4)5)17-12-27-14-26(21(17)9-15)13-18-20(25(6)7)10-16(23(2)3)11-22(18)27;1-9-2-13(18(23,24)25)11-6-30-8-29(15(11)3-9)7-12-14(19(26,27)28)4-10(5-16(12)30)17(20,21)22;16-8-1-12(18)10-5-20-7-21(14(10)3-8)6-11-13(19)2-9(17)4-15(11)20;22-18(23)8-1-12-10(14(3-8)20(26)27)5-17-7-16(12)6-11-13(17)2-9(19(24)25)4-15(11)21(28)29/h8-11H,12-14H2,1-7H3;2-5H,6-8H2,1H3;1-4H,5-7H2;1-4H,5-7H2.